The van der Waals surface area contributed by atoms with Crippen molar-refractivity contribution >= 4 is 45.0 Å². The van der Waals surface area contributed by atoms with Crippen LogP contribution in [0.3, 0.4) is 0 Å². The van der Waals surface area contributed by atoms with Gasteiger partial charge < -0.3 is 10.0 Å². The zero-order valence-corrected chi connectivity index (χ0v) is 20.1. The lowest BCUT2D eigenvalue weighted by atomic mass is 9.85. The van der Waals surface area contributed by atoms with Crippen molar-refractivity contribution in [3.8, 4) is 0 Å². The second kappa shape index (κ2) is 8.79. The summed E-state index contributed by atoms with van der Waals surface area (Å²) in [7, 11) is 0. The van der Waals surface area contributed by atoms with E-state index < -0.39 is 23.7 Å². The second-order valence-corrected chi connectivity index (χ2v) is 10.6. The molecule has 2 aromatic heterocycles. The molecule has 1 amide bonds. The number of nitrogens with zero attached hydrogens (tertiary/aromatic N) is 4. The molecule has 7 nitrogen and oxygen atoms in total. The summed E-state index contributed by atoms with van der Waals surface area (Å²) in [6, 6.07) is 5.41. The SMILES string of the molecule is O=C(O)c1nn(C(=O)N2CCC3(CCCN3Cc3cc4ccc(C(F)(F)F)cc4s3)CC2)cc1Cl. The Balaban J connectivity index is 1.27. The number of hydrogen-bond acceptors (Lipinski definition) is 5. The van der Waals surface area contributed by atoms with Gasteiger partial charge in [-0.05, 0) is 55.8 Å². The fourth-order valence-corrected chi connectivity index (χ4v) is 6.52. The second-order valence-electron chi connectivity index (χ2n) is 9.06. The highest BCUT2D eigenvalue weighted by Gasteiger charge is 2.44. The fourth-order valence-electron chi connectivity index (χ4n) is 5.19. The van der Waals surface area contributed by atoms with E-state index in [9.17, 15) is 22.8 Å². The minimum absolute atomic E-state index is 0.0714. The minimum Gasteiger partial charge on any atom is -0.476 e. The molecule has 5 rings (SSSR count). The van der Waals surface area contributed by atoms with Crippen LogP contribution in [0.25, 0.3) is 10.1 Å². The van der Waals surface area contributed by atoms with Crippen LogP contribution < -0.4 is 0 Å². The number of likely N-dealkylation sites (tertiary alicyclic amines) is 2. The van der Waals surface area contributed by atoms with Crippen molar-refractivity contribution in [2.24, 2.45) is 0 Å². The lowest BCUT2D eigenvalue weighted by molar-refractivity contribution is -0.137. The van der Waals surface area contributed by atoms with E-state index in [1.54, 1.807) is 4.90 Å². The van der Waals surface area contributed by atoms with Crippen molar-refractivity contribution in [2.45, 2.75) is 43.9 Å². The molecule has 12 heteroatoms. The number of thiophene rings is 1. The molecule has 186 valence electrons. The third kappa shape index (κ3) is 4.52. The predicted molar refractivity (Wildman–Crippen MR) is 125 cm³/mol. The molecule has 0 aliphatic carbocycles. The number of carboxylic acids is 1. The summed E-state index contributed by atoms with van der Waals surface area (Å²) in [6.07, 6.45) is 0.374. The fraction of sp³-hybridized carbons (Fsp3) is 0.435. The normalized spacial score (nSPS) is 18.6. The van der Waals surface area contributed by atoms with E-state index in [1.165, 1.54) is 29.7 Å². The number of alkyl halides is 3. The van der Waals surface area contributed by atoms with Gasteiger partial charge in [0.05, 0.1) is 16.8 Å². The van der Waals surface area contributed by atoms with E-state index in [0.717, 1.165) is 53.2 Å². The standard InChI is InChI=1S/C23H22ClF3N4O3S/c24-17-13-31(28-19(17)20(32)33)21(34)29-8-5-22(6-9-29)4-1-7-30(22)12-16-10-14-2-3-15(23(25,26)27)11-18(14)35-16/h2-3,10-11,13H,1,4-9,12H2,(H,32,33). The third-order valence-electron chi connectivity index (χ3n) is 7.02. The Morgan fingerprint density at radius 1 is 1.14 bits per heavy atom. The van der Waals surface area contributed by atoms with Crippen LogP contribution in [-0.4, -0.2) is 61.9 Å². The highest BCUT2D eigenvalue weighted by molar-refractivity contribution is 7.19. The Bertz CT molecular complexity index is 1300. The van der Waals surface area contributed by atoms with E-state index in [4.69, 9.17) is 16.7 Å². The number of aromatic nitrogens is 2. The highest BCUT2D eigenvalue weighted by Crippen LogP contribution is 2.41. The summed E-state index contributed by atoms with van der Waals surface area (Å²) in [5.41, 5.74) is -1.07. The Labute approximate surface area is 207 Å². The number of carbonyl (C=O) groups is 2. The van der Waals surface area contributed by atoms with Gasteiger partial charge in [-0.3, -0.25) is 4.90 Å². The average molecular weight is 527 g/mol. The molecule has 2 aliphatic heterocycles. The van der Waals surface area contributed by atoms with Gasteiger partial charge in [-0.1, -0.05) is 17.7 Å². The number of carboxylic acid groups (broad SMARTS) is 1. The van der Waals surface area contributed by atoms with Crippen molar-refractivity contribution in [3.05, 3.63) is 51.6 Å². The van der Waals surface area contributed by atoms with Crippen LogP contribution in [0.1, 0.15) is 46.6 Å². The van der Waals surface area contributed by atoms with Gasteiger partial charge in [0.25, 0.3) is 0 Å². The van der Waals surface area contributed by atoms with Crippen LogP contribution in [0.4, 0.5) is 18.0 Å². The van der Waals surface area contributed by atoms with Gasteiger partial charge in [0, 0.05) is 34.8 Å². The van der Waals surface area contributed by atoms with Crippen LogP contribution in [-0.2, 0) is 12.7 Å². The summed E-state index contributed by atoms with van der Waals surface area (Å²) in [6.45, 7) is 2.55. The lowest BCUT2D eigenvalue weighted by Crippen LogP contribution is -2.53. The number of halogens is 4. The molecule has 4 heterocycles. The van der Waals surface area contributed by atoms with Crippen molar-refractivity contribution < 1.29 is 27.9 Å². The van der Waals surface area contributed by atoms with Crippen LogP contribution >= 0.6 is 22.9 Å². The summed E-state index contributed by atoms with van der Waals surface area (Å²) in [4.78, 5) is 29.1. The number of rotatable bonds is 3. The van der Waals surface area contributed by atoms with Crippen LogP contribution in [0.2, 0.25) is 5.02 Å². The Kier molecular flexibility index (Phi) is 6.05. The molecule has 2 fully saturated rings. The third-order valence-corrected chi connectivity index (χ3v) is 8.38. The van der Waals surface area contributed by atoms with Crippen molar-refractivity contribution in [2.75, 3.05) is 19.6 Å². The molecule has 35 heavy (non-hydrogen) atoms. The smallest absolute Gasteiger partial charge is 0.416 e. The molecule has 2 saturated heterocycles. The van der Waals surface area contributed by atoms with Crippen molar-refractivity contribution in [3.63, 3.8) is 0 Å². The molecule has 0 radical (unpaired) electrons. The zero-order chi connectivity index (χ0) is 25.0. The quantitative estimate of drug-likeness (QED) is 0.483. The molecule has 3 aromatic rings. The van der Waals surface area contributed by atoms with E-state index in [2.05, 4.69) is 10.00 Å². The van der Waals surface area contributed by atoms with Gasteiger partial charge in [-0.25, -0.2) is 9.59 Å². The number of hydrogen-bond donors (Lipinski definition) is 1. The molecule has 1 spiro atoms. The molecular formula is C23H22ClF3N4O3S. The largest absolute Gasteiger partial charge is 0.476 e. The number of aromatic carboxylic acids is 1. The van der Waals surface area contributed by atoms with E-state index in [1.807, 2.05) is 6.07 Å². The highest BCUT2D eigenvalue weighted by atomic mass is 35.5. The molecule has 1 N–H and O–H groups in total. The summed E-state index contributed by atoms with van der Waals surface area (Å²) in [5, 5.41) is 13.6. The van der Waals surface area contributed by atoms with Gasteiger partial charge in [-0.2, -0.15) is 23.0 Å². The number of fused-ring (bicyclic) bond motifs is 1. The lowest BCUT2D eigenvalue weighted by Gasteiger charge is -2.44. The van der Waals surface area contributed by atoms with Crippen LogP contribution in [0.5, 0.6) is 0 Å². The summed E-state index contributed by atoms with van der Waals surface area (Å²) < 4.78 is 40.8. The van der Waals surface area contributed by atoms with E-state index in [-0.39, 0.29) is 16.3 Å². The molecule has 2 aliphatic rings. The molecule has 0 atom stereocenters. The summed E-state index contributed by atoms with van der Waals surface area (Å²) in [5.74, 6) is -1.29. The van der Waals surface area contributed by atoms with Gasteiger partial charge >= 0.3 is 18.2 Å². The summed E-state index contributed by atoms with van der Waals surface area (Å²) >= 11 is 7.27. The van der Waals surface area contributed by atoms with Gasteiger partial charge in [0.2, 0.25) is 0 Å². The number of piperidine rings is 1. The first kappa shape index (κ1) is 24.1. The molecule has 1 aromatic carbocycles. The molecule has 0 bridgehead atoms. The first-order chi connectivity index (χ1) is 16.6. The number of benzene rings is 1. The Morgan fingerprint density at radius 2 is 1.89 bits per heavy atom. The van der Waals surface area contributed by atoms with Gasteiger partial charge in [0.15, 0.2) is 5.69 Å². The Hall–Kier alpha value is -2.63. The minimum atomic E-state index is -4.36. The maximum atomic E-state index is 13.1. The first-order valence-electron chi connectivity index (χ1n) is 11.2. The monoisotopic (exact) mass is 526 g/mol. The van der Waals surface area contributed by atoms with Crippen LogP contribution in [0.15, 0.2) is 30.5 Å². The maximum absolute atomic E-state index is 13.1. The van der Waals surface area contributed by atoms with Crippen molar-refractivity contribution in [1.29, 1.82) is 0 Å². The predicted octanol–water partition coefficient (Wildman–Crippen LogP) is 5.57. The van der Waals surface area contributed by atoms with Crippen LogP contribution in [0, 0.1) is 0 Å². The number of carbonyl (C=O) groups excluding carboxylic acids is 1. The average Bonchev–Trinajstić information content (AvgIpc) is 3.50. The first-order valence-corrected chi connectivity index (χ1v) is 12.4. The Morgan fingerprint density at radius 3 is 2.54 bits per heavy atom. The maximum Gasteiger partial charge on any atom is 0.416 e. The van der Waals surface area contributed by atoms with Gasteiger partial charge in [0.1, 0.15) is 0 Å². The molecule has 0 unspecified atom stereocenters. The van der Waals surface area contributed by atoms with E-state index >= 15 is 0 Å². The van der Waals surface area contributed by atoms with Gasteiger partial charge in [-0.15, -0.1) is 11.3 Å². The van der Waals surface area contributed by atoms with Crippen molar-refractivity contribution in [1.82, 2.24) is 19.6 Å². The molecular weight excluding hydrogens is 505 g/mol. The molecule has 0 saturated carbocycles. The zero-order valence-electron chi connectivity index (χ0n) is 18.5. The topological polar surface area (TPSA) is 78.7 Å². The van der Waals surface area contributed by atoms with E-state index in [0.29, 0.717) is 24.3 Å². The number of amides is 1.